The topological polar surface area (TPSA) is 46.3 Å². The fourth-order valence-corrected chi connectivity index (χ4v) is 2.00. The Morgan fingerprint density at radius 3 is 2.62 bits per heavy atom. The molecule has 7 heteroatoms. The SMILES string of the molecule is NC(=S)C1CCCN1C(=O)CCC(F)(F)F. The number of amides is 1. The number of nitrogens with zero attached hydrogens (tertiary/aromatic N) is 1. The van der Waals surface area contributed by atoms with Gasteiger partial charge in [0.05, 0.1) is 17.5 Å². The van der Waals surface area contributed by atoms with Crippen LogP contribution in [0.25, 0.3) is 0 Å². The molecule has 1 heterocycles. The van der Waals surface area contributed by atoms with Crippen molar-refractivity contribution in [2.75, 3.05) is 6.54 Å². The highest BCUT2D eigenvalue weighted by Gasteiger charge is 2.33. The van der Waals surface area contributed by atoms with Crippen LogP contribution in [0.2, 0.25) is 0 Å². The summed E-state index contributed by atoms with van der Waals surface area (Å²) in [6.07, 6.45) is -4.53. The number of likely N-dealkylation sites (tertiary alicyclic amines) is 1. The van der Waals surface area contributed by atoms with E-state index < -0.39 is 24.9 Å². The van der Waals surface area contributed by atoms with Gasteiger partial charge in [-0.05, 0) is 12.8 Å². The molecular formula is C9H13F3N2OS. The van der Waals surface area contributed by atoms with Gasteiger partial charge >= 0.3 is 6.18 Å². The number of hydrogen-bond acceptors (Lipinski definition) is 2. The molecule has 0 aromatic rings. The number of carbonyl (C=O) groups excluding carboxylic acids is 1. The number of thiocarbonyl (C=S) groups is 1. The molecule has 1 amide bonds. The summed E-state index contributed by atoms with van der Waals surface area (Å²) in [5.74, 6) is -0.521. The van der Waals surface area contributed by atoms with Gasteiger partial charge in [-0.1, -0.05) is 12.2 Å². The number of alkyl halides is 3. The lowest BCUT2D eigenvalue weighted by Crippen LogP contribution is -2.43. The highest BCUT2D eigenvalue weighted by atomic mass is 32.1. The molecule has 1 saturated heterocycles. The lowest BCUT2D eigenvalue weighted by Gasteiger charge is -2.23. The minimum absolute atomic E-state index is 0.179. The predicted molar refractivity (Wildman–Crippen MR) is 56.8 cm³/mol. The molecule has 1 fully saturated rings. The van der Waals surface area contributed by atoms with Crippen LogP contribution in [0, 0.1) is 0 Å². The van der Waals surface area contributed by atoms with Gasteiger partial charge in [0.1, 0.15) is 0 Å². The maximum Gasteiger partial charge on any atom is 0.389 e. The molecule has 0 bridgehead atoms. The molecule has 1 rings (SSSR count). The maximum atomic E-state index is 11.9. The Labute approximate surface area is 96.8 Å². The Morgan fingerprint density at radius 2 is 2.12 bits per heavy atom. The normalized spacial score (nSPS) is 21.2. The molecular weight excluding hydrogens is 241 g/mol. The second-order valence-corrected chi connectivity index (χ2v) is 4.23. The zero-order valence-electron chi connectivity index (χ0n) is 8.59. The Bertz CT molecular complexity index is 293. The van der Waals surface area contributed by atoms with Crippen molar-refractivity contribution in [3.8, 4) is 0 Å². The van der Waals surface area contributed by atoms with E-state index in [1.54, 1.807) is 0 Å². The quantitative estimate of drug-likeness (QED) is 0.778. The first-order valence-electron chi connectivity index (χ1n) is 4.97. The van der Waals surface area contributed by atoms with E-state index in [0.717, 1.165) is 6.42 Å². The number of carbonyl (C=O) groups is 1. The Kier molecular flexibility index (Phi) is 4.12. The van der Waals surface area contributed by atoms with Crippen LogP contribution in [-0.4, -0.2) is 34.6 Å². The Hall–Kier alpha value is -0.850. The third kappa shape index (κ3) is 3.62. The van der Waals surface area contributed by atoms with Crippen molar-refractivity contribution in [1.29, 1.82) is 0 Å². The summed E-state index contributed by atoms with van der Waals surface area (Å²) in [7, 11) is 0. The molecule has 1 atom stereocenters. The predicted octanol–water partition coefficient (Wildman–Crippen LogP) is 1.61. The van der Waals surface area contributed by atoms with Crippen molar-refractivity contribution in [3.05, 3.63) is 0 Å². The molecule has 1 aliphatic rings. The molecule has 2 N–H and O–H groups in total. The second kappa shape index (κ2) is 4.99. The van der Waals surface area contributed by atoms with E-state index in [1.807, 2.05) is 0 Å². The average molecular weight is 254 g/mol. The van der Waals surface area contributed by atoms with E-state index in [-0.39, 0.29) is 11.0 Å². The molecule has 1 aliphatic heterocycles. The summed E-state index contributed by atoms with van der Waals surface area (Å²) in [4.78, 5) is 13.1. The van der Waals surface area contributed by atoms with Gasteiger partial charge in [0.2, 0.25) is 5.91 Å². The first kappa shape index (κ1) is 13.2. The van der Waals surface area contributed by atoms with E-state index in [1.165, 1.54) is 4.90 Å². The fraction of sp³-hybridized carbons (Fsp3) is 0.778. The first-order valence-corrected chi connectivity index (χ1v) is 5.37. The van der Waals surface area contributed by atoms with Crippen LogP contribution in [-0.2, 0) is 4.79 Å². The summed E-state index contributed by atoms with van der Waals surface area (Å²) in [6, 6.07) is -0.365. The van der Waals surface area contributed by atoms with Crippen molar-refractivity contribution in [3.63, 3.8) is 0 Å². The van der Waals surface area contributed by atoms with Crippen molar-refractivity contribution in [2.45, 2.75) is 37.9 Å². The van der Waals surface area contributed by atoms with Gasteiger partial charge in [0.15, 0.2) is 0 Å². The van der Waals surface area contributed by atoms with E-state index in [2.05, 4.69) is 0 Å². The molecule has 0 aromatic heterocycles. The molecule has 16 heavy (non-hydrogen) atoms. The highest BCUT2D eigenvalue weighted by Crippen LogP contribution is 2.24. The zero-order valence-corrected chi connectivity index (χ0v) is 9.40. The van der Waals surface area contributed by atoms with Crippen molar-refractivity contribution in [2.24, 2.45) is 5.73 Å². The van der Waals surface area contributed by atoms with Gasteiger partial charge in [0, 0.05) is 13.0 Å². The van der Waals surface area contributed by atoms with Crippen LogP contribution in [0.4, 0.5) is 13.2 Å². The molecule has 0 aliphatic carbocycles. The monoisotopic (exact) mass is 254 g/mol. The maximum absolute atomic E-state index is 11.9. The summed E-state index contributed by atoms with van der Waals surface area (Å²) < 4.78 is 35.8. The molecule has 3 nitrogen and oxygen atoms in total. The lowest BCUT2D eigenvalue weighted by atomic mass is 10.2. The van der Waals surface area contributed by atoms with Crippen LogP contribution in [0.5, 0.6) is 0 Å². The first-order chi connectivity index (χ1) is 7.31. The van der Waals surface area contributed by atoms with Crippen molar-refractivity contribution in [1.82, 2.24) is 4.90 Å². The molecule has 0 aromatic carbocycles. The van der Waals surface area contributed by atoms with Gasteiger partial charge in [-0.25, -0.2) is 0 Å². The Balaban J connectivity index is 2.50. The van der Waals surface area contributed by atoms with Crippen LogP contribution < -0.4 is 5.73 Å². The smallest absolute Gasteiger partial charge is 0.389 e. The van der Waals surface area contributed by atoms with Gasteiger partial charge in [-0.15, -0.1) is 0 Å². The van der Waals surface area contributed by atoms with E-state index >= 15 is 0 Å². The largest absolute Gasteiger partial charge is 0.392 e. The second-order valence-electron chi connectivity index (χ2n) is 3.76. The van der Waals surface area contributed by atoms with Crippen molar-refractivity contribution < 1.29 is 18.0 Å². The number of nitrogens with two attached hydrogens (primary N) is 1. The van der Waals surface area contributed by atoms with Gasteiger partial charge in [0.25, 0.3) is 0 Å². The van der Waals surface area contributed by atoms with Crippen LogP contribution in [0.15, 0.2) is 0 Å². The summed E-state index contributed by atoms with van der Waals surface area (Å²) >= 11 is 4.77. The van der Waals surface area contributed by atoms with Crippen molar-refractivity contribution >= 4 is 23.1 Å². The minimum atomic E-state index is -4.30. The lowest BCUT2D eigenvalue weighted by molar-refractivity contribution is -0.149. The third-order valence-electron chi connectivity index (χ3n) is 2.52. The molecule has 0 spiro atoms. The summed E-state index contributed by atoms with van der Waals surface area (Å²) in [5.41, 5.74) is 5.42. The number of halogens is 3. The summed E-state index contributed by atoms with van der Waals surface area (Å²) in [6.45, 7) is 0.443. The molecule has 0 radical (unpaired) electrons. The van der Waals surface area contributed by atoms with Gasteiger partial charge in [-0.2, -0.15) is 13.2 Å². The van der Waals surface area contributed by atoms with Crippen LogP contribution in [0.3, 0.4) is 0 Å². The van der Waals surface area contributed by atoms with Gasteiger partial charge < -0.3 is 10.6 Å². The average Bonchev–Trinajstić information content (AvgIpc) is 2.61. The summed E-state index contributed by atoms with van der Waals surface area (Å²) in [5, 5.41) is 0. The fourth-order valence-electron chi connectivity index (χ4n) is 1.75. The standard InChI is InChI=1S/C9H13F3N2OS/c10-9(11,12)4-3-7(15)14-5-1-2-6(14)8(13)16/h6H,1-5H2,(H2,13,16). The number of hydrogen-bond donors (Lipinski definition) is 1. The zero-order chi connectivity index (χ0) is 12.3. The molecule has 92 valence electrons. The third-order valence-corrected chi connectivity index (χ3v) is 2.80. The van der Waals surface area contributed by atoms with E-state index in [9.17, 15) is 18.0 Å². The van der Waals surface area contributed by atoms with Crippen LogP contribution >= 0.6 is 12.2 Å². The highest BCUT2D eigenvalue weighted by molar-refractivity contribution is 7.80. The van der Waals surface area contributed by atoms with Gasteiger partial charge in [-0.3, -0.25) is 4.79 Å². The Morgan fingerprint density at radius 1 is 1.50 bits per heavy atom. The van der Waals surface area contributed by atoms with E-state index in [4.69, 9.17) is 18.0 Å². The minimum Gasteiger partial charge on any atom is -0.392 e. The molecule has 0 saturated carbocycles. The molecule has 1 unspecified atom stereocenters. The number of rotatable bonds is 3. The van der Waals surface area contributed by atoms with E-state index in [0.29, 0.717) is 13.0 Å². The van der Waals surface area contributed by atoms with Crippen LogP contribution in [0.1, 0.15) is 25.7 Å².